The van der Waals surface area contributed by atoms with Gasteiger partial charge in [-0.05, 0) is 36.1 Å². The van der Waals surface area contributed by atoms with Crippen LogP contribution in [-0.2, 0) is 16.0 Å². The molecule has 1 radical (unpaired) electrons. The summed E-state index contributed by atoms with van der Waals surface area (Å²) in [4.78, 5) is 38.5. The second kappa shape index (κ2) is 7.62. The van der Waals surface area contributed by atoms with E-state index in [-0.39, 0.29) is 15.4 Å². The zero-order valence-corrected chi connectivity index (χ0v) is 16.2. The second-order valence-electron chi connectivity index (χ2n) is 7.08. The van der Waals surface area contributed by atoms with Crippen molar-refractivity contribution in [3.8, 4) is 11.5 Å². The van der Waals surface area contributed by atoms with E-state index in [0.717, 1.165) is 28.9 Å². The summed E-state index contributed by atoms with van der Waals surface area (Å²) in [6.45, 7) is -0.336. The molecule has 2 N–H and O–H groups in total. The standard InChI is InChI=1S/C21H22N3O5.2H2/c1-28-17-9-12-7-8-16(14(12)10-18(17)29-2)22-19(25)11-24-20(26)13-5-3-4-6-15(13)23-21(24)27;;/h3-6,9-10,15-16H,7-8,11H2,1-2H3,(H,22,25)(H,23,27);2*1H. The van der Waals surface area contributed by atoms with Crippen LogP contribution < -0.4 is 20.1 Å². The van der Waals surface area contributed by atoms with Gasteiger partial charge in [0.2, 0.25) is 5.91 Å². The maximum atomic E-state index is 12.6. The summed E-state index contributed by atoms with van der Waals surface area (Å²) in [5.41, 5.74) is 2.49. The van der Waals surface area contributed by atoms with Gasteiger partial charge in [-0.25, -0.2) is 4.79 Å². The third-order valence-corrected chi connectivity index (χ3v) is 5.40. The molecule has 1 aliphatic heterocycles. The molecular weight excluding hydrogens is 374 g/mol. The van der Waals surface area contributed by atoms with Gasteiger partial charge < -0.3 is 20.1 Å². The van der Waals surface area contributed by atoms with Crippen LogP contribution in [0.25, 0.3) is 0 Å². The number of carbonyl (C=O) groups excluding carboxylic acids is 3. The molecule has 4 amide bonds. The summed E-state index contributed by atoms with van der Waals surface area (Å²) in [5.74, 6) is 0.399. The van der Waals surface area contributed by atoms with Crippen LogP contribution in [0.5, 0.6) is 11.5 Å². The Morgan fingerprint density at radius 1 is 1.24 bits per heavy atom. The highest BCUT2D eigenvalue weighted by Crippen LogP contribution is 2.39. The molecule has 2 aliphatic carbocycles. The van der Waals surface area contributed by atoms with Gasteiger partial charge in [-0.15, -0.1) is 0 Å². The number of aryl methyl sites for hydroxylation is 1. The molecular formula is C21H26N3O5. The van der Waals surface area contributed by atoms with Crippen molar-refractivity contribution >= 4 is 17.8 Å². The number of hydrogen-bond donors (Lipinski definition) is 2. The number of carbonyl (C=O) groups is 3. The number of imide groups is 1. The lowest BCUT2D eigenvalue weighted by Crippen LogP contribution is -2.58. The lowest BCUT2D eigenvalue weighted by molar-refractivity contribution is -0.131. The first kappa shape index (κ1) is 19.0. The second-order valence-corrected chi connectivity index (χ2v) is 7.08. The molecule has 1 fully saturated rings. The van der Waals surface area contributed by atoms with Gasteiger partial charge in [0.25, 0.3) is 5.91 Å². The summed E-state index contributed by atoms with van der Waals surface area (Å²) in [7, 11) is 3.15. The van der Waals surface area contributed by atoms with Gasteiger partial charge in [0, 0.05) is 14.8 Å². The van der Waals surface area contributed by atoms with E-state index in [1.165, 1.54) is 0 Å². The van der Waals surface area contributed by atoms with E-state index in [9.17, 15) is 14.4 Å². The summed E-state index contributed by atoms with van der Waals surface area (Å²) in [6, 6.07) is 2.56. The largest absolute Gasteiger partial charge is 0.493 e. The van der Waals surface area contributed by atoms with Crippen LogP contribution >= 0.6 is 0 Å². The molecule has 2 unspecified atom stereocenters. The number of hydrogen-bond acceptors (Lipinski definition) is 5. The average molecular weight is 400 g/mol. The first-order chi connectivity index (χ1) is 14.0. The van der Waals surface area contributed by atoms with Crippen LogP contribution in [0.15, 0.2) is 35.9 Å². The van der Waals surface area contributed by atoms with Crippen LogP contribution in [0.1, 0.15) is 26.4 Å². The van der Waals surface area contributed by atoms with E-state index in [1.54, 1.807) is 38.9 Å². The highest BCUT2D eigenvalue weighted by Gasteiger charge is 2.38. The van der Waals surface area contributed by atoms with Crippen molar-refractivity contribution in [2.45, 2.75) is 24.9 Å². The van der Waals surface area contributed by atoms with E-state index in [1.807, 2.05) is 12.1 Å². The number of urea groups is 1. The Balaban J connectivity index is 0.00000171. The molecule has 1 aromatic carbocycles. The third kappa shape index (κ3) is 3.46. The lowest BCUT2D eigenvalue weighted by atomic mass is 9.96. The molecule has 0 bridgehead atoms. The van der Waals surface area contributed by atoms with Crippen molar-refractivity contribution in [3.05, 3.63) is 53.5 Å². The predicted octanol–water partition coefficient (Wildman–Crippen LogP) is 1.92. The number of methoxy groups -OCH3 is 2. The van der Waals surface area contributed by atoms with Gasteiger partial charge >= 0.3 is 6.03 Å². The number of nitrogens with one attached hydrogen (secondary N) is 2. The highest BCUT2D eigenvalue weighted by atomic mass is 16.5. The maximum absolute atomic E-state index is 12.6. The number of rotatable bonds is 5. The Morgan fingerprint density at radius 3 is 2.76 bits per heavy atom. The first-order valence-electron chi connectivity index (χ1n) is 9.40. The normalized spacial score (nSPS) is 22.4. The zero-order chi connectivity index (χ0) is 20.5. The number of fused-ring (bicyclic) bond motifs is 2. The number of nitrogens with zero attached hydrogens (tertiary/aromatic N) is 1. The fraction of sp³-hybridized carbons (Fsp3) is 0.333. The van der Waals surface area contributed by atoms with Crippen molar-refractivity contribution in [1.82, 2.24) is 15.5 Å². The molecule has 29 heavy (non-hydrogen) atoms. The van der Waals surface area contributed by atoms with E-state index >= 15 is 0 Å². The van der Waals surface area contributed by atoms with Crippen LogP contribution in [-0.4, -0.2) is 49.6 Å². The Bertz CT molecular complexity index is 947. The number of ether oxygens (including phenoxy) is 2. The Hall–Kier alpha value is -3.29. The van der Waals surface area contributed by atoms with Gasteiger partial charge in [-0.3, -0.25) is 14.5 Å². The van der Waals surface area contributed by atoms with E-state index in [2.05, 4.69) is 10.6 Å². The van der Waals surface area contributed by atoms with Crippen molar-refractivity contribution in [3.63, 3.8) is 0 Å². The van der Waals surface area contributed by atoms with Gasteiger partial charge in [-0.1, -0.05) is 18.2 Å². The molecule has 1 aromatic rings. The topological polar surface area (TPSA) is 97.0 Å². The lowest BCUT2D eigenvalue weighted by Gasteiger charge is -2.33. The van der Waals surface area contributed by atoms with E-state index in [0.29, 0.717) is 17.1 Å². The Labute approximate surface area is 171 Å². The molecule has 0 spiro atoms. The maximum Gasteiger partial charge on any atom is 0.325 e. The fourth-order valence-electron chi connectivity index (χ4n) is 3.94. The predicted molar refractivity (Wildman–Crippen MR) is 109 cm³/mol. The first-order valence-corrected chi connectivity index (χ1v) is 9.40. The number of benzene rings is 1. The number of amides is 4. The molecule has 3 aliphatic rings. The zero-order valence-electron chi connectivity index (χ0n) is 16.2. The summed E-state index contributed by atoms with van der Waals surface area (Å²) in [6.07, 6.45) is 8.41. The van der Waals surface area contributed by atoms with Crippen LogP contribution in [0.3, 0.4) is 0 Å². The Morgan fingerprint density at radius 2 is 2.00 bits per heavy atom. The summed E-state index contributed by atoms with van der Waals surface area (Å²) < 4.78 is 10.7. The molecule has 4 rings (SSSR count). The van der Waals surface area contributed by atoms with Crippen LogP contribution in [0.4, 0.5) is 4.79 Å². The molecule has 0 saturated carbocycles. The van der Waals surface area contributed by atoms with Crippen molar-refractivity contribution in [1.29, 1.82) is 0 Å². The van der Waals surface area contributed by atoms with Crippen molar-refractivity contribution in [2.75, 3.05) is 20.8 Å². The minimum absolute atomic E-state index is 0. The van der Waals surface area contributed by atoms with Gasteiger partial charge in [-0.2, -0.15) is 0 Å². The SMILES string of the molecule is COc1cc2c(cc1OC)C(NC(=O)CN1C(=O)NC3[CH]C=CC=C3C1=O)CC2.[HH].[HH]. The van der Waals surface area contributed by atoms with E-state index in [4.69, 9.17) is 9.47 Å². The van der Waals surface area contributed by atoms with Gasteiger partial charge in [0.15, 0.2) is 11.5 Å². The molecule has 155 valence electrons. The van der Waals surface area contributed by atoms with Crippen molar-refractivity contribution in [2.24, 2.45) is 0 Å². The molecule has 0 aromatic heterocycles. The highest BCUT2D eigenvalue weighted by molar-refractivity contribution is 6.10. The number of allylic oxidation sites excluding steroid dienone is 2. The van der Waals surface area contributed by atoms with Crippen LogP contribution in [0.2, 0.25) is 0 Å². The van der Waals surface area contributed by atoms with Crippen LogP contribution in [0, 0.1) is 6.42 Å². The van der Waals surface area contributed by atoms with Crippen molar-refractivity contribution < 1.29 is 26.7 Å². The molecule has 1 saturated heterocycles. The third-order valence-electron chi connectivity index (χ3n) is 5.40. The summed E-state index contributed by atoms with van der Waals surface area (Å²) >= 11 is 0. The van der Waals surface area contributed by atoms with Gasteiger partial charge in [0.05, 0.1) is 26.3 Å². The fourth-order valence-corrected chi connectivity index (χ4v) is 3.94. The minimum Gasteiger partial charge on any atom is -0.493 e. The molecule has 8 heteroatoms. The minimum atomic E-state index is -0.572. The summed E-state index contributed by atoms with van der Waals surface area (Å²) in [5, 5.41) is 5.66. The quantitative estimate of drug-likeness (QED) is 0.787. The molecule has 2 atom stereocenters. The van der Waals surface area contributed by atoms with E-state index < -0.39 is 23.9 Å². The molecule has 8 nitrogen and oxygen atoms in total. The Kier molecular flexibility index (Phi) is 5.00. The van der Waals surface area contributed by atoms with Gasteiger partial charge in [0.1, 0.15) is 6.54 Å². The monoisotopic (exact) mass is 400 g/mol. The molecule has 1 heterocycles. The smallest absolute Gasteiger partial charge is 0.325 e. The average Bonchev–Trinajstić information content (AvgIpc) is 3.11.